The molecule has 4 N–H and O–H groups in total. The van der Waals surface area contributed by atoms with Crippen molar-refractivity contribution in [2.24, 2.45) is 0 Å². The molecule has 0 aliphatic carbocycles. The van der Waals surface area contributed by atoms with Crippen LogP contribution in [0.2, 0.25) is 0 Å². The van der Waals surface area contributed by atoms with E-state index in [4.69, 9.17) is 4.74 Å². The molecule has 9 heteroatoms. The molecule has 9 nitrogen and oxygen atoms in total. The molecule has 4 aromatic rings. The van der Waals surface area contributed by atoms with E-state index in [1.54, 1.807) is 12.4 Å². The third-order valence-electron chi connectivity index (χ3n) is 10.5. The lowest BCUT2D eigenvalue weighted by molar-refractivity contribution is -0.123. The van der Waals surface area contributed by atoms with Gasteiger partial charge in [-0.25, -0.2) is 0 Å². The smallest absolute Gasteiger partial charge is 0.251 e. The fourth-order valence-corrected chi connectivity index (χ4v) is 6.02. The van der Waals surface area contributed by atoms with E-state index in [1.807, 2.05) is 60.7 Å². The SMILES string of the molecule is CCC(C)(C)c1ccc(OCCCCNC(=O)[C@H](CCCNCc2ccccn2)NC(=O)c2ccc(CNCc3ccccn3)cc2)c(C(C)(C)CC)c1. The average molecular weight is 735 g/mol. The predicted molar refractivity (Wildman–Crippen MR) is 218 cm³/mol. The zero-order valence-corrected chi connectivity index (χ0v) is 33.3. The second kappa shape index (κ2) is 21.3. The Morgan fingerprint density at radius 1 is 0.722 bits per heavy atom. The van der Waals surface area contributed by atoms with Crippen LogP contribution in [-0.2, 0) is 35.3 Å². The highest BCUT2D eigenvalue weighted by molar-refractivity contribution is 5.97. The minimum Gasteiger partial charge on any atom is -0.493 e. The van der Waals surface area contributed by atoms with Gasteiger partial charge >= 0.3 is 0 Å². The molecule has 4 rings (SSSR count). The summed E-state index contributed by atoms with van der Waals surface area (Å²) >= 11 is 0. The summed E-state index contributed by atoms with van der Waals surface area (Å²) in [6, 6.07) is 25.2. The first kappa shape index (κ1) is 42.1. The van der Waals surface area contributed by atoms with Crippen molar-refractivity contribution in [1.29, 1.82) is 0 Å². The largest absolute Gasteiger partial charge is 0.493 e. The van der Waals surface area contributed by atoms with E-state index in [0.717, 1.165) is 48.4 Å². The van der Waals surface area contributed by atoms with Gasteiger partial charge in [0.05, 0.1) is 18.0 Å². The van der Waals surface area contributed by atoms with Gasteiger partial charge in [0.1, 0.15) is 11.8 Å². The van der Waals surface area contributed by atoms with E-state index in [0.29, 0.717) is 57.7 Å². The number of unbranched alkanes of at least 4 members (excludes halogenated alkanes) is 1. The van der Waals surface area contributed by atoms with Gasteiger partial charge in [-0.1, -0.05) is 77.9 Å². The molecule has 0 saturated carbocycles. The number of nitrogens with zero attached hydrogens (tertiary/aromatic N) is 2. The van der Waals surface area contributed by atoms with Crippen molar-refractivity contribution >= 4 is 11.8 Å². The molecule has 0 aliphatic rings. The van der Waals surface area contributed by atoms with Crippen molar-refractivity contribution in [2.75, 3.05) is 19.7 Å². The maximum atomic E-state index is 13.5. The van der Waals surface area contributed by atoms with Crippen molar-refractivity contribution in [3.05, 3.63) is 125 Å². The van der Waals surface area contributed by atoms with Crippen LogP contribution in [0.4, 0.5) is 0 Å². The number of hydrogen-bond donors (Lipinski definition) is 4. The van der Waals surface area contributed by atoms with Crippen molar-refractivity contribution in [2.45, 2.75) is 117 Å². The summed E-state index contributed by atoms with van der Waals surface area (Å²) < 4.78 is 6.35. The number of rotatable bonds is 23. The molecule has 0 radical (unpaired) electrons. The van der Waals surface area contributed by atoms with Crippen LogP contribution < -0.4 is 26.0 Å². The molecule has 0 saturated heterocycles. The first-order valence-corrected chi connectivity index (χ1v) is 19.7. The van der Waals surface area contributed by atoms with Gasteiger partial charge in [0.15, 0.2) is 0 Å². The lowest BCUT2D eigenvalue weighted by Crippen LogP contribution is -2.47. The fraction of sp³-hybridized carbons (Fsp3) is 0.467. The number of ether oxygens (including phenoxy) is 1. The molecule has 0 unspecified atom stereocenters. The van der Waals surface area contributed by atoms with Crippen molar-refractivity contribution in [1.82, 2.24) is 31.2 Å². The summed E-state index contributed by atoms with van der Waals surface area (Å²) in [6.45, 7) is 17.3. The standard InChI is InChI=1S/C45H62N6O3/c1-7-44(3,4)36-23-24-41(39(30-36)45(5,6)8-2)54-29-14-13-28-50-43(53)40(18-15-25-46-32-37-16-9-11-26-48-37)51-42(52)35-21-19-34(20-22-35)31-47-33-38-17-10-12-27-49-38/h9-12,16-17,19-24,26-27,30,40,46-47H,7-8,13-15,18,25,28-29,31-33H2,1-6H3,(H,50,53)(H,51,52)/t40-/m0/s1. The Bertz CT molecular complexity index is 1710. The maximum Gasteiger partial charge on any atom is 0.251 e. The molecule has 0 aliphatic heterocycles. The van der Waals surface area contributed by atoms with Crippen molar-refractivity contribution < 1.29 is 14.3 Å². The highest BCUT2D eigenvalue weighted by atomic mass is 16.5. The summed E-state index contributed by atoms with van der Waals surface area (Å²) in [4.78, 5) is 35.5. The maximum absolute atomic E-state index is 13.5. The number of hydrogen-bond acceptors (Lipinski definition) is 7. The van der Waals surface area contributed by atoms with Crippen LogP contribution in [0.15, 0.2) is 91.3 Å². The second-order valence-corrected chi connectivity index (χ2v) is 15.3. The van der Waals surface area contributed by atoms with Crippen molar-refractivity contribution in [3.8, 4) is 5.75 Å². The summed E-state index contributed by atoms with van der Waals surface area (Å²) in [6.07, 6.45) is 8.42. The van der Waals surface area contributed by atoms with Crippen LogP contribution >= 0.6 is 0 Å². The van der Waals surface area contributed by atoms with Crippen LogP contribution in [0.3, 0.4) is 0 Å². The average Bonchev–Trinajstić information content (AvgIpc) is 3.19. The minimum atomic E-state index is -0.658. The topological polar surface area (TPSA) is 117 Å². The molecule has 2 aromatic carbocycles. The van der Waals surface area contributed by atoms with Gasteiger partial charge in [0.2, 0.25) is 5.91 Å². The molecule has 1 atom stereocenters. The number of pyridine rings is 2. The molecule has 54 heavy (non-hydrogen) atoms. The molecule has 0 bridgehead atoms. The summed E-state index contributed by atoms with van der Waals surface area (Å²) in [5.74, 6) is 0.498. The third-order valence-corrected chi connectivity index (χ3v) is 10.5. The Hall–Kier alpha value is -4.60. The quantitative estimate of drug-likeness (QED) is 0.0575. The van der Waals surface area contributed by atoms with Crippen LogP contribution in [-0.4, -0.2) is 47.5 Å². The van der Waals surface area contributed by atoms with Gasteiger partial charge < -0.3 is 26.0 Å². The van der Waals surface area contributed by atoms with Crippen LogP contribution in [0.25, 0.3) is 0 Å². The van der Waals surface area contributed by atoms with E-state index < -0.39 is 6.04 Å². The highest BCUT2D eigenvalue weighted by Crippen LogP contribution is 2.38. The first-order chi connectivity index (χ1) is 26.0. The van der Waals surface area contributed by atoms with Gasteiger partial charge in [-0.05, 0) is 109 Å². The Morgan fingerprint density at radius 2 is 1.39 bits per heavy atom. The van der Waals surface area contributed by atoms with E-state index in [2.05, 4.69) is 91.0 Å². The zero-order chi connectivity index (χ0) is 38.8. The summed E-state index contributed by atoms with van der Waals surface area (Å²) in [7, 11) is 0. The van der Waals surface area contributed by atoms with Crippen molar-refractivity contribution in [3.63, 3.8) is 0 Å². The highest BCUT2D eigenvalue weighted by Gasteiger charge is 2.27. The molecule has 2 heterocycles. The lowest BCUT2D eigenvalue weighted by atomic mass is 9.76. The summed E-state index contributed by atoms with van der Waals surface area (Å²) in [5, 5.41) is 12.9. The van der Waals surface area contributed by atoms with Crippen LogP contribution in [0.5, 0.6) is 5.75 Å². The van der Waals surface area contributed by atoms with Gasteiger partial charge in [0.25, 0.3) is 5.91 Å². The number of amides is 2. The van der Waals surface area contributed by atoms with Gasteiger partial charge in [0, 0.05) is 49.7 Å². The number of benzene rings is 2. The van der Waals surface area contributed by atoms with Crippen LogP contribution in [0, 0.1) is 0 Å². The predicted octanol–water partition coefficient (Wildman–Crippen LogP) is 7.79. The number of nitrogens with one attached hydrogen (secondary N) is 4. The fourth-order valence-electron chi connectivity index (χ4n) is 6.02. The molecular formula is C45H62N6O3. The van der Waals surface area contributed by atoms with E-state index in [-0.39, 0.29) is 22.6 Å². The summed E-state index contributed by atoms with van der Waals surface area (Å²) in [5.41, 5.74) is 6.19. The molecule has 2 aromatic heterocycles. The molecule has 0 spiro atoms. The van der Waals surface area contributed by atoms with E-state index in [1.165, 1.54) is 11.1 Å². The van der Waals surface area contributed by atoms with Gasteiger partial charge in [-0.2, -0.15) is 0 Å². The molecule has 0 fully saturated rings. The van der Waals surface area contributed by atoms with E-state index >= 15 is 0 Å². The molecule has 290 valence electrons. The third kappa shape index (κ3) is 13.4. The van der Waals surface area contributed by atoms with Crippen LogP contribution in [0.1, 0.15) is 119 Å². The number of carbonyl (C=O) groups excluding carboxylic acids is 2. The van der Waals surface area contributed by atoms with Gasteiger partial charge in [-0.3, -0.25) is 19.6 Å². The van der Waals surface area contributed by atoms with Gasteiger partial charge in [-0.15, -0.1) is 0 Å². The minimum absolute atomic E-state index is 0.00374. The number of carbonyl (C=O) groups is 2. The normalized spacial score (nSPS) is 12.3. The Morgan fingerprint density at radius 3 is 2.02 bits per heavy atom. The Kier molecular flexibility index (Phi) is 16.6. The monoisotopic (exact) mass is 734 g/mol. The Balaban J connectivity index is 1.28. The lowest BCUT2D eigenvalue weighted by Gasteiger charge is -2.30. The second-order valence-electron chi connectivity index (χ2n) is 15.3. The molecule has 2 amide bonds. The zero-order valence-electron chi connectivity index (χ0n) is 33.3. The number of aromatic nitrogens is 2. The Labute approximate surface area is 323 Å². The van der Waals surface area contributed by atoms with E-state index in [9.17, 15) is 9.59 Å². The first-order valence-electron chi connectivity index (χ1n) is 19.7. The molecular weight excluding hydrogens is 673 g/mol.